The summed E-state index contributed by atoms with van der Waals surface area (Å²) in [6.07, 6.45) is 0.433. The van der Waals surface area contributed by atoms with Crippen molar-refractivity contribution in [1.82, 2.24) is 0 Å². The Bertz CT molecular complexity index is 1160. The van der Waals surface area contributed by atoms with Crippen molar-refractivity contribution in [2.75, 3.05) is 7.11 Å². The van der Waals surface area contributed by atoms with E-state index in [9.17, 15) is 19.5 Å². The summed E-state index contributed by atoms with van der Waals surface area (Å²) in [6.45, 7) is 9.10. The maximum absolute atomic E-state index is 14.1. The predicted molar refractivity (Wildman–Crippen MR) is 124 cm³/mol. The number of aliphatic hydroxyl groups is 1. The lowest BCUT2D eigenvalue weighted by molar-refractivity contribution is -0.305. The average Bonchev–Trinajstić information content (AvgIpc) is 3.10. The van der Waals surface area contributed by atoms with Crippen LogP contribution in [0.15, 0.2) is 23.0 Å². The Labute approximate surface area is 214 Å². The van der Waals surface area contributed by atoms with E-state index in [1.165, 1.54) is 19.6 Å². The van der Waals surface area contributed by atoms with Gasteiger partial charge in [-0.05, 0) is 52.5 Å². The summed E-state index contributed by atoms with van der Waals surface area (Å²) >= 11 is 0. The number of carbonyl (C=O) groups is 3. The second-order valence-corrected chi connectivity index (χ2v) is 12.2. The van der Waals surface area contributed by atoms with Crippen molar-refractivity contribution in [3.8, 4) is 0 Å². The molecular weight excluding hydrogens is 484 g/mol. The number of rotatable bonds is 3. The van der Waals surface area contributed by atoms with Gasteiger partial charge in [-0.1, -0.05) is 6.92 Å². The van der Waals surface area contributed by atoms with E-state index in [-0.39, 0.29) is 24.2 Å². The van der Waals surface area contributed by atoms with Crippen molar-refractivity contribution in [3.05, 3.63) is 24.2 Å². The zero-order valence-electron chi connectivity index (χ0n) is 21.9. The Kier molecular flexibility index (Phi) is 5.03. The number of ketones is 1. The van der Waals surface area contributed by atoms with Gasteiger partial charge in [0.2, 0.25) is 5.79 Å². The summed E-state index contributed by atoms with van der Waals surface area (Å²) < 4.78 is 35.5. The summed E-state index contributed by atoms with van der Waals surface area (Å²) in [5.41, 5.74) is -4.42. The van der Waals surface area contributed by atoms with Gasteiger partial charge in [-0.15, -0.1) is 0 Å². The van der Waals surface area contributed by atoms with Gasteiger partial charge in [-0.3, -0.25) is 9.59 Å². The van der Waals surface area contributed by atoms with Gasteiger partial charge in [0.05, 0.1) is 54.3 Å². The van der Waals surface area contributed by atoms with Crippen LogP contribution in [0.5, 0.6) is 0 Å². The molecule has 0 bridgehead atoms. The molecule has 1 N–H and O–H groups in total. The molecule has 6 rings (SSSR count). The number of fused-ring (bicyclic) bond motifs is 4. The first-order valence-electron chi connectivity index (χ1n) is 12.9. The number of aliphatic hydroxyl groups excluding tert-OH is 1. The maximum Gasteiger partial charge on any atom is 0.338 e. The van der Waals surface area contributed by atoms with Crippen LogP contribution in [0, 0.1) is 22.7 Å². The van der Waals surface area contributed by atoms with E-state index in [4.69, 9.17) is 28.1 Å². The van der Waals surface area contributed by atoms with Crippen LogP contribution in [0.1, 0.15) is 64.2 Å². The highest BCUT2D eigenvalue weighted by molar-refractivity contribution is 6.02. The predicted octanol–water partition coefficient (Wildman–Crippen LogP) is 2.41. The van der Waals surface area contributed by atoms with Crippen molar-refractivity contribution >= 4 is 17.7 Å². The zero-order valence-corrected chi connectivity index (χ0v) is 21.9. The summed E-state index contributed by atoms with van der Waals surface area (Å²) in [7, 11) is 1.28. The van der Waals surface area contributed by atoms with E-state index in [0.29, 0.717) is 18.4 Å². The molecule has 5 fully saturated rings. The molecule has 10 atom stereocenters. The van der Waals surface area contributed by atoms with Crippen LogP contribution < -0.4 is 0 Å². The van der Waals surface area contributed by atoms with Gasteiger partial charge in [0.25, 0.3) is 0 Å². The van der Waals surface area contributed by atoms with E-state index >= 15 is 0 Å². The fraction of sp³-hybridized carbons (Fsp3) is 0.741. The number of hydrogen-bond donors (Lipinski definition) is 1. The highest BCUT2D eigenvalue weighted by Gasteiger charge is 2.91. The van der Waals surface area contributed by atoms with Crippen molar-refractivity contribution in [2.24, 2.45) is 22.7 Å². The number of cyclic esters (lactones) is 1. The summed E-state index contributed by atoms with van der Waals surface area (Å²) in [6, 6.07) is 1.59. The average molecular weight is 519 g/mol. The van der Waals surface area contributed by atoms with Crippen molar-refractivity contribution in [3.63, 3.8) is 0 Å². The van der Waals surface area contributed by atoms with Crippen LogP contribution in [-0.4, -0.2) is 71.3 Å². The minimum atomic E-state index is -1.65. The largest absolute Gasteiger partial charge is 0.472 e. The summed E-state index contributed by atoms with van der Waals surface area (Å²) in [4.78, 5) is 39.6. The van der Waals surface area contributed by atoms with Gasteiger partial charge in [-0.2, -0.15) is 0 Å². The third-order valence-electron chi connectivity index (χ3n) is 10.3. The number of epoxide rings is 1. The molecule has 202 valence electrons. The Hall–Kier alpha value is -2.27. The van der Waals surface area contributed by atoms with E-state index in [1.54, 1.807) is 26.8 Å². The monoisotopic (exact) mass is 518 g/mol. The minimum Gasteiger partial charge on any atom is -0.472 e. The Morgan fingerprint density at radius 1 is 1.14 bits per heavy atom. The molecule has 1 aromatic heterocycles. The molecule has 2 spiro atoms. The highest BCUT2D eigenvalue weighted by atomic mass is 16.7. The molecule has 10 heteroatoms. The molecule has 10 nitrogen and oxygen atoms in total. The number of carbonyl (C=O) groups excluding carboxylic acids is 3. The number of esters is 2. The second-order valence-electron chi connectivity index (χ2n) is 12.2. The third kappa shape index (κ3) is 2.72. The molecule has 37 heavy (non-hydrogen) atoms. The lowest BCUT2D eigenvalue weighted by Crippen LogP contribution is -2.69. The molecule has 5 aliphatic rings. The van der Waals surface area contributed by atoms with Gasteiger partial charge in [-0.25, -0.2) is 4.79 Å². The van der Waals surface area contributed by atoms with Crippen LogP contribution in [0.25, 0.3) is 0 Å². The fourth-order valence-corrected chi connectivity index (χ4v) is 8.65. The first kappa shape index (κ1) is 25.0. The molecular formula is C27H34O10. The SMILES string of the molecule is COC(=O)C1OC12C(C)(C(=O)c1ccoc1)CCC1C(C)OC3(OC4CC(=O)OC(C)(C)C4C3O)C12C. The molecule has 10 unspecified atom stereocenters. The Morgan fingerprint density at radius 3 is 2.51 bits per heavy atom. The van der Waals surface area contributed by atoms with Gasteiger partial charge >= 0.3 is 11.9 Å². The smallest absolute Gasteiger partial charge is 0.338 e. The number of Topliss-reactive ketones (excluding diaryl/α,β-unsaturated/α-hetero) is 1. The van der Waals surface area contributed by atoms with E-state index < -0.39 is 64.0 Å². The fourth-order valence-electron chi connectivity index (χ4n) is 8.65. The highest BCUT2D eigenvalue weighted by Crippen LogP contribution is 2.77. The van der Waals surface area contributed by atoms with Crippen LogP contribution in [0.3, 0.4) is 0 Å². The third-order valence-corrected chi connectivity index (χ3v) is 10.3. The van der Waals surface area contributed by atoms with E-state index in [2.05, 4.69) is 0 Å². The van der Waals surface area contributed by atoms with Crippen LogP contribution in [0.2, 0.25) is 0 Å². The Morgan fingerprint density at radius 2 is 1.86 bits per heavy atom. The quantitative estimate of drug-likeness (QED) is 0.361. The minimum absolute atomic E-state index is 0.0368. The molecule has 4 saturated heterocycles. The topological polar surface area (TPSA) is 134 Å². The molecule has 0 radical (unpaired) electrons. The van der Waals surface area contributed by atoms with Gasteiger partial charge < -0.3 is 33.2 Å². The van der Waals surface area contributed by atoms with Gasteiger partial charge in [0, 0.05) is 0 Å². The number of ether oxygens (including phenoxy) is 5. The molecule has 1 aromatic rings. The van der Waals surface area contributed by atoms with Crippen molar-refractivity contribution < 1.29 is 47.6 Å². The number of furan rings is 1. The van der Waals surface area contributed by atoms with Gasteiger partial charge in [0.15, 0.2) is 11.9 Å². The number of methoxy groups -OCH3 is 1. The van der Waals surface area contributed by atoms with Crippen LogP contribution in [0.4, 0.5) is 0 Å². The van der Waals surface area contributed by atoms with E-state index in [0.717, 1.165) is 0 Å². The molecule has 1 aliphatic carbocycles. The lowest BCUT2D eigenvalue weighted by atomic mass is 9.45. The molecule has 1 saturated carbocycles. The second kappa shape index (κ2) is 7.43. The first-order chi connectivity index (χ1) is 17.3. The van der Waals surface area contributed by atoms with Crippen LogP contribution in [-0.2, 0) is 33.3 Å². The number of hydrogen-bond acceptors (Lipinski definition) is 10. The van der Waals surface area contributed by atoms with Gasteiger partial charge in [0.1, 0.15) is 23.6 Å². The van der Waals surface area contributed by atoms with Crippen molar-refractivity contribution in [2.45, 2.75) is 95.3 Å². The summed E-state index contributed by atoms with van der Waals surface area (Å²) in [5.74, 6) is -3.72. The molecule has 0 aromatic carbocycles. The molecule has 4 aliphatic heterocycles. The zero-order chi connectivity index (χ0) is 26.8. The van der Waals surface area contributed by atoms with E-state index in [1.807, 2.05) is 13.8 Å². The van der Waals surface area contributed by atoms with Crippen LogP contribution >= 0.6 is 0 Å². The standard InChI is InChI=1S/C27H34O10/c1-13-15-7-9-24(4,19(29)14-8-10-33-12-14)26(21(37-26)22(31)32-6)25(15,5)27(34-13)20(30)18-16(35-27)11-17(28)36-23(18,2)3/h8,10,12-13,15-16,18,20-21,30H,7,9,11H2,1-6H3. The normalized spacial score (nSPS) is 49.4. The molecule has 0 amide bonds. The Balaban J connectivity index is 1.55. The first-order valence-corrected chi connectivity index (χ1v) is 12.9. The maximum atomic E-state index is 14.1. The lowest BCUT2D eigenvalue weighted by Gasteiger charge is -2.56. The summed E-state index contributed by atoms with van der Waals surface area (Å²) in [5, 5.41) is 12.0. The van der Waals surface area contributed by atoms with Crippen molar-refractivity contribution in [1.29, 1.82) is 0 Å². The molecule has 5 heterocycles.